The highest BCUT2D eigenvalue weighted by Gasteiger charge is 2.23. The van der Waals surface area contributed by atoms with Crippen molar-refractivity contribution in [3.8, 4) is 12.3 Å². The summed E-state index contributed by atoms with van der Waals surface area (Å²) in [6.45, 7) is 5.03. The Balaban J connectivity index is 3.00. The van der Waals surface area contributed by atoms with Crippen LogP contribution in [0.1, 0.15) is 24.7 Å². The second kappa shape index (κ2) is 4.68. The number of aromatic nitrogens is 2. The SMILES string of the molecule is C#CCC(C)NS(=O)(=O)c1c(C)n[nH]c1C. The summed E-state index contributed by atoms with van der Waals surface area (Å²) in [6, 6.07) is -0.288. The van der Waals surface area contributed by atoms with Crippen molar-refractivity contribution in [3.63, 3.8) is 0 Å². The van der Waals surface area contributed by atoms with E-state index in [9.17, 15) is 8.42 Å². The molecule has 0 aliphatic carbocycles. The highest BCUT2D eigenvalue weighted by atomic mass is 32.2. The van der Waals surface area contributed by atoms with E-state index in [1.165, 1.54) is 0 Å². The van der Waals surface area contributed by atoms with Crippen LogP contribution in [0.5, 0.6) is 0 Å². The van der Waals surface area contributed by atoms with Gasteiger partial charge in [0.1, 0.15) is 4.90 Å². The number of terminal acetylenes is 1. The molecule has 0 saturated carbocycles. The Morgan fingerprint density at radius 1 is 1.56 bits per heavy atom. The second-order valence-electron chi connectivity index (χ2n) is 3.69. The minimum Gasteiger partial charge on any atom is -0.281 e. The van der Waals surface area contributed by atoms with Crippen LogP contribution in [0, 0.1) is 26.2 Å². The molecule has 0 amide bonds. The van der Waals surface area contributed by atoms with Gasteiger partial charge in [0.2, 0.25) is 10.0 Å². The summed E-state index contributed by atoms with van der Waals surface area (Å²) < 4.78 is 26.5. The van der Waals surface area contributed by atoms with Gasteiger partial charge < -0.3 is 0 Å². The lowest BCUT2D eigenvalue weighted by Gasteiger charge is -2.11. The molecule has 1 unspecified atom stereocenters. The van der Waals surface area contributed by atoms with E-state index in [0.717, 1.165) is 0 Å². The lowest BCUT2D eigenvalue weighted by molar-refractivity contribution is 0.562. The van der Waals surface area contributed by atoms with Crippen LogP contribution in [0.4, 0.5) is 0 Å². The first-order valence-corrected chi connectivity index (χ1v) is 6.34. The Kier molecular flexibility index (Phi) is 3.73. The van der Waals surface area contributed by atoms with Crippen molar-refractivity contribution < 1.29 is 8.42 Å². The Labute approximate surface area is 95.7 Å². The molecule has 1 aromatic heterocycles. The number of aryl methyl sites for hydroxylation is 2. The van der Waals surface area contributed by atoms with Crippen LogP contribution in [-0.2, 0) is 10.0 Å². The van der Waals surface area contributed by atoms with Gasteiger partial charge in [-0.05, 0) is 20.8 Å². The fraction of sp³-hybridized carbons (Fsp3) is 0.500. The third-order valence-corrected chi connectivity index (χ3v) is 3.96. The lowest BCUT2D eigenvalue weighted by Crippen LogP contribution is -2.32. The number of rotatable bonds is 4. The highest BCUT2D eigenvalue weighted by Crippen LogP contribution is 2.16. The van der Waals surface area contributed by atoms with Crippen molar-refractivity contribution in [2.24, 2.45) is 0 Å². The van der Waals surface area contributed by atoms with Crippen molar-refractivity contribution >= 4 is 10.0 Å². The number of sulfonamides is 1. The van der Waals surface area contributed by atoms with E-state index < -0.39 is 10.0 Å². The molecule has 2 N–H and O–H groups in total. The minimum absolute atomic E-state index is 0.205. The first kappa shape index (κ1) is 12.7. The van der Waals surface area contributed by atoms with Crippen molar-refractivity contribution in [3.05, 3.63) is 11.4 Å². The number of nitrogens with zero attached hydrogens (tertiary/aromatic N) is 1. The maximum Gasteiger partial charge on any atom is 0.244 e. The molecule has 1 atom stereocenters. The normalized spacial score (nSPS) is 13.4. The fourth-order valence-electron chi connectivity index (χ4n) is 1.48. The summed E-state index contributed by atoms with van der Waals surface area (Å²) in [5.41, 5.74) is 0.982. The zero-order valence-corrected chi connectivity index (χ0v) is 10.4. The summed E-state index contributed by atoms with van der Waals surface area (Å²) in [6.07, 6.45) is 5.48. The number of aromatic amines is 1. The van der Waals surface area contributed by atoms with Crippen LogP contribution in [0.25, 0.3) is 0 Å². The minimum atomic E-state index is -3.54. The molecule has 1 heterocycles. The topological polar surface area (TPSA) is 74.8 Å². The van der Waals surface area contributed by atoms with Crippen molar-refractivity contribution in [1.29, 1.82) is 0 Å². The third kappa shape index (κ3) is 2.62. The molecule has 16 heavy (non-hydrogen) atoms. The maximum absolute atomic E-state index is 12.0. The van der Waals surface area contributed by atoms with Crippen LogP contribution in [0.3, 0.4) is 0 Å². The zero-order chi connectivity index (χ0) is 12.3. The van der Waals surface area contributed by atoms with Crippen LogP contribution in [0.2, 0.25) is 0 Å². The summed E-state index contributed by atoms with van der Waals surface area (Å²) in [5.74, 6) is 2.41. The monoisotopic (exact) mass is 241 g/mol. The number of nitrogens with one attached hydrogen (secondary N) is 2. The number of hydrogen-bond donors (Lipinski definition) is 2. The quantitative estimate of drug-likeness (QED) is 0.763. The molecule has 0 spiro atoms. The molecule has 0 aliphatic rings. The Morgan fingerprint density at radius 3 is 2.62 bits per heavy atom. The van der Waals surface area contributed by atoms with Gasteiger partial charge in [-0.3, -0.25) is 5.10 Å². The smallest absolute Gasteiger partial charge is 0.244 e. The van der Waals surface area contributed by atoms with Crippen molar-refractivity contribution in [1.82, 2.24) is 14.9 Å². The number of H-pyrrole nitrogens is 1. The van der Waals surface area contributed by atoms with Gasteiger partial charge in [0, 0.05) is 12.5 Å². The molecule has 88 valence electrons. The van der Waals surface area contributed by atoms with E-state index in [4.69, 9.17) is 6.42 Å². The van der Waals surface area contributed by atoms with E-state index in [1.807, 2.05) is 0 Å². The molecule has 0 aromatic carbocycles. The first-order valence-electron chi connectivity index (χ1n) is 4.86. The van der Waals surface area contributed by atoms with Gasteiger partial charge >= 0.3 is 0 Å². The van der Waals surface area contributed by atoms with Gasteiger partial charge in [0.25, 0.3) is 0 Å². The zero-order valence-electron chi connectivity index (χ0n) is 9.53. The van der Waals surface area contributed by atoms with Crippen LogP contribution in [0.15, 0.2) is 4.90 Å². The lowest BCUT2D eigenvalue weighted by atomic mass is 10.3. The molecule has 1 aromatic rings. The van der Waals surface area contributed by atoms with Gasteiger partial charge in [0.05, 0.1) is 11.4 Å². The molecule has 6 heteroatoms. The van der Waals surface area contributed by atoms with Crippen LogP contribution in [-0.4, -0.2) is 24.7 Å². The third-order valence-electron chi connectivity index (χ3n) is 2.11. The van der Waals surface area contributed by atoms with Gasteiger partial charge in [-0.1, -0.05) is 0 Å². The Bertz CT molecular complexity index is 491. The first-order chi connectivity index (χ1) is 7.38. The highest BCUT2D eigenvalue weighted by molar-refractivity contribution is 7.89. The van der Waals surface area contributed by atoms with Crippen LogP contribution >= 0.6 is 0 Å². The average Bonchev–Trinajstić information content (AvgIpc) is 2.45. The second-order valence-corrected chi connectivity index (χ2v) is 5.34. The summed E-state index contributed by atoms with van der Waals surface area (Å²) >= 11 is 0. The van der Waals surface area contributed by atoms with E-state index in [1.54, 1.807) is 20.8 Å². The molecule has 5 nitrogen and oxygen atoms in total. The van der Waals surface area contributed by atoms with E-state index in [-0.39, 0.29) is 10.9 Å². The maximum atomic E-state index is 12.0. The molecule has 1 rings (SSSR count). The van der Waals surface area contributed by atoms with E-state index >= 15 is 0 Å². The van der Waals surface area contributed by atoms with Gasteiger partial charge in [-0.2, -0.15) is 5.10 Å². The molecule has 0 fully saturated rings. The van der Waals surface area contributed by atoms with Gasteiger partial charge in [0.15, 0.2) is 0 Å². The van der Waals surface area contributed by atoms with E-state index in [0.29, 0.717) is 17.8 Å². The Morgan fingerprint density at radius 2 is 2.19 bits per heavy atom. The van der Waals surface area contributed by atoms with Crippen molar-refractivity contribution in [2.45, 2.75) is 38.1 Å². The predicted octanol–water partition coefficient (Wildman–Crippen LogP) is 0.717. The molecule has 0 radical (unpaired) electrons. The fourth-order valence-corrected chi connectivity index (χ4v) is 3.09. The molecular formula is C10H15N3O2S. The summed E-state index contributed by atoms with van der Waals surface area (Å²) in [5, 5.41) is 6.49. The van der Waals surface area contributed by atoms with Gasteiger partial charge in [-0.15, -0.1) is 12.3 Å². The van der Waals surface area contributed by atoms with E-state index in [2.05, 4.69) is 20.8 Å². The molecule has 0 bridgehead atoms. The summed E-state index contributed by atoms with van der Waals surface area (Å²) in [7, 11) is -3.54. The average molecular weight is 241 g/mol. The molecule has 0 saturated heterocycles. The van der Waals surface area contributed by atoms with Gasteiger partial charge in [-0.25, -0.2) is 13.1 Å². The Hall–Kier alpha value is -1.32. The standard InChI is InChI=1S/C10H15N3O2S/c1-5-6-7(2)13-16(14,15)10-8(3)11-12-9(10)4/h1,7,13H,6H2,2-4H3,(H,11,12). The largest absolute Gasteiger partial charge is 0.281 e. The predicted molar refractivity (Wildman–Crippen MR) is 61.3 cm³/mol. The molecule has 0 aliphatic heterocycles. The molecular weight excluding hydrogens is 226 g/mol. The number of hydrogen-bond acceptors (Lipinski definition) is 3. The summed E-state index contributed by atoms with van der Waals surface area (Å²) in [4.78, 5) is 0.205. The van der Waals surface area contributed by atoms with Crippen LogP contribution < -0.4 is 4.72 Å². The van der Waals surface area contributed by atoms with Crippen molar-refractivity contribution in [2.75, 3.05) is 0 Å².